The fourth-order valence-electron chi connectivity index (χ4n) is 0.234. The molecule has 0 aromatic heterocycles. The van der Waals surface area contributed by atoms with Gasteiger partial charge in [-0.25, -0.2) is 0 Å². The van der Waals surface area contributed by atoms with Crippen molar-refractivity contribution in [2.75, 3.05) is 6.61 Å². The van der Waals surface area contributed by atoms with Crippen LogP contribution in [0.4, 0.5) is 0 Å². The van der Waals surface area contributed by atoms with Crippen LogP contribution in [0, 0.1) is 5.92 Å². The van der Waals surface area contributed by atoms with E-state index in [1.165, 1.54) is 26.6 Å². The summed E-state index contributed by atoms with van der Waals surface area (Å²) in [5.74, 6) is 0.748. The van der Waals surface area contributed by atoms with Gasteiger partial charge in [-0.3, -0.25) is 0 Å². The molecule has 1 unspecified atom stereocenters. The molecule has 0 amide bonds. The SMILES string of the molecule is CCC(C)C[O][W]. The first-order valence-electron chi connectivity index (χ1n) is 2.56. The molecule has 0 bridgehead atoms. The van der Waals surface area contributed by atoms with Gasteiger partial charge in [0.15, 0.2) is 0 Å². The van der Waals surface area contributed by atoms with E-state index in [2.05, 4.69) is 13.8 Å². The standard InChI is InChI=1S/C5H11O.W/c1-3-5(2)4-6;/h5H,3-4H2,1-2H3;/q-1;+1. The van der Waals surface area contributed by atoms with Gasteiger partial charge in [0.1, 0.15) is 0 Å². The summed E-state index contributed by atoms with van der Waals surface area (Å²) in [5.41, 5.74) is 0. The summed E-state index contributed by atoms with van der Waals surface area (Å²) in [6.45, 7) is 5.31. The first-order valence-corrected chi connectivity index (χ1v) is 3.75. The molecule has 0 aromatic carbocycles. The van der Waals surface area contributed by atoms with Crippen LogP contribution in [-0.4, -0.2) is 6.61 Å². The first-order chi connectivity index (χ1) is 3.31. The van der Waals surface area contributed by atoms with E-state index in [0.717, 1.165) is 12.5 Å². The molecular formula is C5H11OW. The molecule has 0 spiro atoms. The molecule has 0 aliphatic carbocycles. The maximum absolute atomic E-state index is 4.98. The average molecular weight is 271 g/mol. The van der Waals surface area contributed by atoms with Gasteiger partial charge in [0.05, 0.1) is 0 Å². The molecule has 0 saturated carbocycles. The van der Waals surface area contributed by atoms with Gasteiger partial charge in [0.25, 0.3) is 0 Å². The molecule has 0 saturated heterocycles. The molecule has 0 aliphatic rings. The number of hydrogen-bond donors (Lipinski definition) is 0. The molecule has 0 heterocycles. The van der Waals surface area contributed by atoms with Crippen molar-refractivity contribution in [3.63, 3.8) is 0 Å². The van der Waals surface area contributed by atoms with E-state index in [4.69, 9.17) is 3.39 Å². The fourth-order valence-corrected chi connectivity index (χ4v) is 1.07. The summed E-state index contributed by atoms with van der Waals surface area (Å²) in [6.07, 6.45) is 1.23. The van der Waals surface area contributed by atoms with Crippen LogP contribution in [0.25, 0.3) is 0 Å². The van der Waals surface area contributed by atoms with Gasteiger partial charge in [-0.2, -0.15) is 0 Å². The fraction of sp³-hybridized carbons (Fsp3) is 1.00. The van der Waals surface area contributed by atoms with Gasteiger partial charge >= 0.3 is 56.4 Å². The van der Waals surface area contributed by atoms with Crippen LogP contribution in [-0.2, 0) is 23.6 Å². The molecule has 0 rings (SSSR count). The van der Waals surface area contributed by atoms with Crippen LogP contribution in [0.15, 0.2) is 0 Å². The Morgan fingerprint density at radius 3 is 2.43 bits per heavy atom. The zero-order valence-corrected chi connectivity index (χ0v) is 7.74. The second-order valence-corrected chi connectivity index (χ2v) is 2.64. The van der Waals surface area contributed by atoms with E-state index < -0.39 is 0 Å². The van der Waals surface area contributed by atoms with Gasteiger partial charge < -0.3 is 0 Å². The number of hydrogen-bond acceptors (Lipinski definition) is 1. The molecule has 1 nitrogen and oxygen atoms in total. The molecule has 0 fully saturated rings. The summed E-state index contributed by atoms with van der Waals surface area (Å²) >= 11 is 1.23. The van der Waals surface area contributed by atoms with Gasteiger partial charge in [0, 0.05) is 0 Å². The molecule has 7 heavy (non-hydrogen) atoms. The molecule has 43 valence electrons. The van der Waals surface area contributed by atoms with Crippen LogP contribution in [0.3, 0.4) is 0 Å². The molecule has 1 atom stereocenters. The van der Waals surface area contributed by atoms with Crippen molar-refractivity contribution in [1.29, 1.82) is 0 Å². The van der Waals surface area contributed by atoms with Gasteiger partial charge in [-0.15, -0.1) is 0 Å². The Labute approximate surface area is 56.8 Å². The zero-order valence-electron chi connectivity index (χ0n) is 4.81. The summed E-state index contributed by atoms with van der Waals surface area (Å²) in [5, 5.41) is 0. The van der Waals surface area contributed by atoms with Crippen molar-refractivity contribution in [1.82, 2.24) is 0 Å². The monoisotopic (exact) mass is 271 g/mol. The molecule has 0 aromatic rings. The molecular weight excluding hydrogens is 260 g/mol. The van der Waals surface area contributed by atoms with E-state index in [1.54, 1.807) is 0 Å². The Hall–Kier alpha value is 0.648. The Morgan fingerprint density at radius 2 is 2.29 bits per heavy atom. The summed E-state index contributed by atoms with van der Waals surface area (Å²) in [7, 11) is 0. The molecule has 0 radical (unpaired) electrons. The van der Waals surface area contributed by atoms with Crippen LogP contribution in [0.2, 0.25) is 0 Å². The summed E-state index contributed by atoms with van der Waals surface area (Å²) < 4.78 is 4.98. The predicted octanol–water partition coefficient (Wildman–Crippen LogP) is 1.51. The van der Waals surface area contributed by atoms with Crippen LogP contribution in [0.1, 0.15) is 20.3 Å². The Balaban J connectivity index is 2.83. The normalized spacial score (nSPS) is 14.0. The minimum atomic E-state index is 0.748. The third-order valence-corrected chi connectivity index (χ3v) is 1.54. The van der Waals surface area contributed by atoms with E-state index in [1.807, 2.05) is 0 Å². The van der Waals surface area contributed by atoms with Crippen molar-refractivity contribution in [2.24, 2.45) is 5.92 Å². The number of rotatable bonds is 3. The Kier molecular flexibility index (Phi) is 5.24. The summed E-state index contributed by atoms with van der Waals surface area (Å²) in [4.78, 5) is 0. The van der Waals surface area contributed by atoms with Crippen LogP contribution >= 0.6 is 0 Å². The Bertz CT molecular complexity index is 39.1. The average Bonchev–Trinajstić information content (AvgIpc) is 1.68. The topological polar surface area (TPSA) is 9.23 Å². The summed E-state index contributed by atoms with van der Waals surface area (Å²) in [6, 6.07) is 0. The van der Waals surface area contributed by atoms with Crippen molar-refractivity contribution in [3.8, 4) is 0 Å². The quantitative estimate of drug-likeness (QED) is 0.756. The third-order valence-electron chi connectivity index (χ3n) is 1.05. The minimum absolute atomic E-state index is 0.748. The molecule has 0 N–H and O–H groups in total. The zero-order chi connectivity index (χ0) is 5.70. The van der Waals surface area contributed by atoms with Crippen molar-refractivity contribution >= 4 is 0 Å². The molecule has 2 heteroatoms. The van der Waals surface area contributed by atoms with Crippen LogP contribution < -0.4 is 0 Å². The maximum atomic E-state index is 4.98. The van der Waals surface area contributed by atoms with Gasteiger partial charge in [-0.1, -0.05) is 0 Å². The van der Waals surface area contributed by atoms with E-state index in [-0.39, 0.29) is 0 Å². The first kappa shape index (κ1) is 7.65. The second-order valence-electron chi connectivity index (χ2n) is 1.80. The third kappa shape index (κ3) is 4.50. The van der Waals surface area contributed by atoms with Gasteiger partial charge in [0.2, 0.25) is 0 Å². The Morgan fingerprint density at radius 1 is 1.71 bits per heavy atom. The van der Waals surface area contributed by atoms with Crippen LogP contribution in [0.5, 0.6) is 0 Å². The molecule has 0 aliphatic heterocycles. The van der Waals surface area contributed by atoms with Crippen molar-refractivity contribution in [3.05, 3.63) is 0 Å². The predicted molar refractivity (Wildman–Crippen MR) is 25.4 cm³/mol. The van der Waals surface area contributed by atoms with Gasteiger partial charge in [-0.05, 0) is 0 Å². The van der Waals surface area contributed by atoms with Crippen molar-refractivity contribution in [2.45, 2.75) is 20.3 Å². The van der Waals surface area contributed by atoms with E-state index >= 15 is 0 Å². The van der Waals surface area contributed by atoms with E-state index in [9.17, 15) is 0 Å². The van der Waals surface area contributed by atoms with Crippen molar-refractivity contribution < 1.29 is 23.6 Å². The second kappa shape index (κ2) is 4.80. The van der Waals surface area contributed by atoms with E-state index in [0.29, 0.717) is 0 Å².